The molecule has 2 N–H and O–H groups in total. The van der Waals surface area contributed by atoms with Gasteiger partial charge in [0.2, 0.25) is 5.91 Å². The molecule has 0 radical (unpaired) electrons. The summed E-state index contributed by atoms with van der Waals surface area (Å²) in [5.41, 5.74) is 0. The number of hydrogen-bond donors (Lipinski definition) is 2. The molecule has 1 aromatic rings. The highest BCUT2D eigenvalue weighted by atomic mass is 16.3. The summed E-state index contributed by atoms with van der Waals surface area (Å²) in [4.78, 5) is 25.6. The average Bonchev–Trinajstić information content (AvgIpc) is 2.72. The summed E-state index contributed by atoms with van der Waals surface area (Å²) in [7, 11) is 0. The fraction of sp³-hybridized carbons (Fsp3) is 0.737. The number of aliphatic hydroxyl groups excluding tert-OH is 1. The van der Waals surface area contributed by atoms with E-state index in [4.69, 9.17) is 0 Å². The highest BCUT2D eigenvalue weighted by Gasteiger charge is 2.28. The first kappa shape index (κ1) is 18.9. The molecule has 2 aliphatic heterocycles. The predicted octanol–water partition coefficient (Wildman–Crippen LogP) is 1.57. The number of anilines is 2. The summed E-state index contributed by atoms with van der Waals surface area (Å²) in [5, 5.41) is 12.7. The maximum atomic E-state index is 12.3. The number of nitrogens with one attached hydrogen (secondary N) is 1. The topological polar surface area (TPSA) is 81.6 Å². The van der Waals surface area contributed by atoms with E-state index in [1.165, 1.54) is 0 Å². The molecule has 7 nitrogen and oxygen atoms in total. The van der Waals surface area contributed by atoms with E-state index in [0.717, 1.165) is 69.8 Å². The van der Waals surface area contributed by atoms with Crippen molar-refractivity contribution < 1.29 is 9.90 Å². The molecule has 2 aliphatic rings. The number of rotatable bonds is 6. The zero-order chi connectivity index (χ0) is 18.4. The van der Waals surface area contributed by atoms with Crippen LogP contribution in [0.4, 0.5) is 11.6 Å². The molecule has 0 spiro atoms. The van der Waals surface area contributed by atoms with Gasteiger partial charge in [0.15, 0.2) is 0 Å². The molecule has 144 valence electrons. The number of amides is 1. The van der Waals surface area contributed by atoms with Crippen LogP contribution in [-0.2, 0) is 4.79 Å². The fourth-order valence-electron chi connectivity index (χ4n) is 3.95. The molecule has 26 heavy (non-hydrogen) atoms. The maximum absolute atomic E-state index is 12.3. The Morgan fingerprint density at radius 2 is 2.08 bits per heavy atom. The molecule has 0 bridgehead atoms. The molecule has 7 heteroatoms. The highest BCUT2D eigenvalue weighted by molar-refractivity contribution is 5.79. The van der Waals surface area contributed by atoms with Crippen LogP contribution in [0.15, 0.2) is 12.4 Å². The lowest BCUT2D eigenvalue weighted by molar-refractivity contribution is -0.125. The summed E-state index contributed by atoms with van der Waals surface area (Å²) in [6, 6.07) is 2.15. The van der Waals surface area contributed by atoms with E-state index in [1.54, 1.807) is 6.33 Å². The van der Waals surface area contributed by atoms with E-state index in [1.807, 2.05) is 6.07 Å². The van der Waals surface area contributed by atoms with Crippen LogP contribution >= 0.6 is 0 Å². The average molecular weight is 361 g/mol. The predicted molar refractivity (Wildman–Crippen MR) is 102 cm³/mol. The second-order valence-corrected chi connectivity index (χ2v) is 7.34. The van der Waals surface area contributed by atoms with Gasteiger partial charge in [0.05, 0.1) is 18.6 Å². The van der Waals surface area contributed by atoms with Gasteiger partial charge in [0, 0.05) is 32.2 Å². The lowest BCUT2D eigenvalue weighted by Gasteiger charge is -2.37. The van der Waals surface area contributed by atoms with Crippen molar-refractivity contribution in [2.45, 2.75) is 51.5 Å². The lowest BCUT2D eigenvalue weighted by Crippen LogP contribution is -2.44. The minimum absolute atomic E-state index is 0.0221. The van der Waals surface area contributed by atoms with Crippen molar-refractivity contribution in [3.05, 3.63) is 12.4 Å². The van der Waals surface area contributed by atoms with Crippen molar-refractivity contribution in [2.75, 3.05) is 42.6 Å². The van der Waals surface area contributed by atoms with Crippen molar-refractivity contribution in [2.24, 2.45) is 5.92 Å². The third-order valence-electron chi connectivity index (χ3n) is 5.44. The molecular formula is C19H31N5O2. The lowest BCUT2D eigenvalue weighted by atomic mass is 9.97. The van der Waals surface area contributed by atoms with Gasteiger partial charge in [-0.25, -0.2) is 9.97 Å². The zero-order valence-electron chi connectivity index (χ0n) is 15.7. The van der Waals surface area contributed by atoms with Gasteiger partial charge in [0.25, 0.3) is 0 Å². The molecule has 2 atom stereocenters. The molecule has 0 aliphatic carbocycles. The van der Waals surface area contributed by atoms with Crippen LogP contribution < -0.4 is 15.1 Å². The van der Waals surface area contributed by atoms with Crippen LogP contribution in [0.1, 0.15) is 45.4 Å². The van der Waals surface area contributed by atoms with Crippen molar-refractivity contribution >= 4 is 17.5 Å². The minimum atomic E-state index is 0.0221. The number of carbonyl (C=O) groups is 1. The number of nitrogens with zero attached hydrogens (tertiary/aromatic N) is 4. The van der Waals surface area contributed by atoms with Crippen LogP contribution in [0.3, 0.4) is 0 Å². The third kappa shape index (κ3) is 4.44. The summed E-state index contributed by atoms with van der Waals surface area (Å²) >= 11 is 0. The van der Waals surface area contributed by atoms with Crippen molar-refractivity contribution in [1.82, 2.24) is 15.3 Å². The molecule has 1 amide bonds. The zero-order valence-corrected chi connectivity index (χ0v) is 15.7. The SMILES string of the molecule is CCCNC(=O)C1CCCN(c2cc(N3CCCCC3CO)ncn2)C1. The normalized spacial score (nSPS) is 23.8. The number of aromatic nitrogens is 2. The van der Waals surface area contributed by atoms with Gasteiger partial charge in [-0.05, 0) is 38.5 Å². The Bertz CT molecular complexity index is 597. The molecule has 1 aromatic heterocycles. The van der Waals surface area contributed by atoms with Gasteiger partial charge in [-0.1, -0.05) is 6.92 Å². The summed E-state index contributed by atoms with van der Waals surface area (Å²) in [5.74, 6) is 1.94. The van der Waals surface area contributed by atoms with E-state index < -0.39 is 0 Å². The fourth-order valence-corrected chi connectivity index (χ4v) is 3.95. The summed E-state index contributed by atoms with van der Waals surface area (Å²) < 4.78 is 0. The van der Waals surface area contributed by atoms with E-state index in [-0.39, 0.29) is 24.5 Å². The van der Waals surface area contributed by atoms with Crippen LogP contribution in [0, 0.1) is 5.92 Å². The molecule has 0 aromatic carbocycles. The quantitative estimate of drug-likeness (QED) is 0.800. The van der Waals surface area contributed by atoms with Crippen molar-refractivity contribution in [1.29, 1.82) is 0 Å². The van der Waals surface area contributed by atoms with E-state index in [2.05, 4.69) is 32.0 Å². The van der Waals surface area contributed by atoms with Gasteiger partial charge < -0.3 is 20.2 Å². The molecule has 3 rings (SSSR count). The summed E-state index contributed by atoms with van der Waals surface area (Å²) in [6.07, 6.45) is 7.77. The van der Waals surface area contributed by atoms with E-state index in [0.29, 0.717) is 6.54 Å². The van der Waals surface area contributed by atoms with E-state index >= 15 is 0 Å². The monoisotopic (exact) mass is 361 g/mol. The molecular weight excluding hydrogens is 330 g/mol. The van der Waals surface area contributed by atoms with Crippen LogP contribution in [0.2, 0.25) is 0 Å². The number of aliphatic hydroxyl groups is 1. The minimum Gasteiger partial charge on any atom is -0.394 e. The van der Waals surface area contributed by atoms with Gasteiger partial charge >= 0.3 is 0 Å². The Labute approximate surface area is 155 Å². The van der Waals surface area contributed by atoms with Gasteiger partial charge in [-0.15, -0.1) is 0 Å². The Morgan fingerprint density at radius 3 is 2.88 bits per heavy atom. The first-order chi connectivity index (χ1) is 12.7. The number of carbonyl (C=O) groups excluding carboxylic acids is 1. The van der Waals surface area contributed by atoms with Gasteiger partial charge in [-0.2, -0.15) is 0 Å². The number of hydrogen-bond acceptors (Lipinski definition) is 6. The van der Waals surface area contributed by atoms with Gasteiger partial charge in [0.1, 0.15) is 18.0 Å². The largest absolute Gasteiger partial charge is 0.394 e. The van der Waals surface area contributed by atoms with Crippen LogP contribution in [-0.4, -0.2) is 59.8 Å². The first-order valence-corrected chi connectivity index (χ1v) is 9.95. The Hall–Kier alpha value is -1.89. The van der Waals surface area contributed by atoms with Gasteiger partial charge in [-0.3, -0.25) is 4.79 Å². The van der Waals surface area contributed by atoms with Crippen LogP contribution in [0.5, 0.6) is 0 Å². The second kappa shape index (κ2) is 9.16. The maximum Gasteiger partial charge on any atom is 0.224 e. The molecule has 2 unspecified atom stereocenters. The molecule has 2 fully saturated rings. The highest BCUT2D eigenvalue weighted by Crippen LogP contribution is 2.27. The Kier molecular flexibility index (Phi) is 6.66. The Balaban J connectivity index is 1.70. The first-order valence-electron chi connectivity index (χ1n) is 9.95. The number of piperidine rings is 2. The third-order valence-corrected chi connectivity index (χ3v) is 5.44. The smallest absolute Gasteiger partial charge is 0.224 e. The standard InChI is InChI=1S/C19H31N5O2/c1-2-8-20-19(26)15-6-5-9-23(12-15)17-11-18(22-14-21-17)24-10-4-3-7-16(24)13-25/h11,14-16,25H,2-10,12-13H2,1H3,(H,20,26). The van der Waals surface area contributed by atoms with E-state index in [9.17, 15) is 9.90 Å². The molecule has 3 heterocycles. The molecule has 2 saturated heterocycles. The second-order valence-electron chi connectivity index (χ2n) is 7.34. The Morgan fingerprint density at radius 1 is 1.23 bits per heavy atom. The van der Waals surface area contributed by atoms with Crippen molar-refractivity contribution in [3.63, 3.8) is 0 Å². The molecule has 0 saturated carbocycles. The van der Waals surface area contributed by atoms with Crippen LogP contribution in [0.25, 0.3) is 0 Å². The summed E-state index contributed by atoms with van der Waals surface area (Å²) in [6.45, 7) is 5.50. The van der Waals surface area contributed by atoms with Crippen molar-refractivity contribution in [3.8, 4) is 0 Å².